The summed E-state index contributed by atoms with van der Waals surface area (Å²) in [5.41, 5.74) is 0.312. The summed E-state index contributed by atoms with van der Waals surface area (Å²) in [7, 11) is 1.39. The molecule has 0 fully saturated rings. The summed E-state index contributed by atoms with van der Waals surface area (Å²) < 4.78 is 23.5. The number of carbonyl (C=O) groups excluding carboxylic acids is 1. The van der Waals surface area contributed by atoms with Crippen molar-refractivity contribution in [2.75, 3.05) is 20.3 Å². The van der Waals surface area contributed by atoms with E-state index in [1.807, 2.05) is 0 Å². The monoisotopic (exact) mass is 268 g/mol. The Morgan fingerprint density at radius 1 is 1.26 bits per heavy atom. The molecule has 0 aliphatic heterocycles. The molecule has 0 bridgehead atoms. The predicted octanol–water partition coefficient (Wildman–Crippen LogP) is 3.61. The highest BCUT2D eigenvalue weighted by Crippen LogP contribution is 2.18. The molecule has 0 spiro atoms. The number of Topliss-reactive ketones (excluding diaryl/α,β-unsaturated/α-hetero) is 1. The molecule has 3 nitrogen and oxygen atoms in total. The Balaban J connectivity index is 2.35. The summed E-state index contributed by atoms with van der Waals surface area (Å²) in [4.78, 5) is 11.8. The average molecular weight is 268 g/mol. The zero-order valence-corrected chi connectivity index (χ0v) is 11.6. The van der Waals surface area contributed by atoms with E-state index in [4.69, 9.17) is 9.47 Å². The van der Waals surface area contributed by atoms with E-state index in [0.717, 1.165) is 12.8 Å². The van der Waals surface area contributed by atoms with Gasteiger partial charge in [0.15, 0.2) is 17.3 Å². The Bertz CT molecular complexity index is 404. The molecule has 106 valence electrons. The van der Waals surface area contributed by atoms with Gasteiger partial charge in [-0.2, -0.15) is 0 Å². The van der Waals surface area contributed by atoms with Crippen LogP contribution in [0.2, 0.25) is 0 Å². The average Bonchev–Trinajstić information content (AvgIpc) is 2.42. The van der Waals surface area contributed by atoms with Crippen molar-refractivity contribution >= 4 is 5.78 Å². The quantitative estimate of drug-likeness (QED) is 0.507. The summed E-state index contributed by atoms with van der Waals surface area (Å²) in [5.74, 6) is -0.606. The van der Waals surface area contributed by atoms with Gasteiger partial charge in [0.05, 0.1) is 7.11 Å². The third kappa shape index (κ3) is 5.39. The molecule has 1 aromatic rings. The number of benzene rings is 1. The Labute approximate surface area is 113 Å². The van der Waals surface area contributed by atoms with Crippen LogP contribution < -0.4 is 4.74 Å². The predicted molar refractivity (Wildman–Crippen MR) is 72.2 cm³/mol. The fraction of sp³-hybridized carbons (Fsp3) is 0.533. The van der Waals surface area contributed by atoms with Crippen LogP contribution in [0.5, 0.6) is 5.75 Å². The van der Waals surface area contributed by atoms with Crippen molar-refractivity contribution in [2.24, 2.45) is 0 Å². The number of unbranched alkanes of at least 4 members (excludes halogenated alkanes) is 3. The maximum atomic E-state index is 13.4. The topological polar surface area (TPSA) is 35.5 Å². The zero-order chi connectivity index (χ0) is 14.1. The SMILES string of the molecule is CCCCCCOCC(=O)c1ccc(OC)c(F)c1. The van der Waals surface area contributed by atoms with Crippen molar-refractivity contribution in [1.29, 1.82) is 0 Å². The first-order chi connectivity index (χ1) is 9.19. The van der Waals surface area contributed by atoms with E-state index in [2.05, 4.69) is 6.92 Å². The zero-order valence-electron chi connectivity index (χ0n) is 11.6. The van der Waals surface area contributed by atoms with Gasteiger partial charge in [0.25, 0.3) is 0 Å². The fourth-order valence-corrected chi connectivity index (χ4v) is 1.72. The highest BCUT2D eigenvalue weighted by atomic mass is 19.1. The maximum absolute atomic E-state index is 13.4. The van der Waals surface area contributed by atoms with Gasteiger partial charge in [-0.3, -0.25) is 4.79 Å². The van der Waals surface area contributed by atoms with E-state index in [1.54, 1.807) is 6.07 Å². The first-order valence-corrected chi connectivity index (χ1v) is 6.63. The Morgan fingerprint density at radius 2 is 2.05 bits per heavy atom. The standard InChI is InChI=1S/C15H21FO3/c1-3-4-5-6-9-19-11-14(17)12-7-8-15(18-2)13(16)10-12/h7-8,10H,3-6,9,11H2,1-2H3. The number of ether oxygens (including phenoxy) is 2. The van der Waals surface area contributed by atoms with E-state index in [1.165, 1.54) is 32.1 Å². The van der Waals surface area contributed by atoms with Crippen molar-refractivity contribution in [3.8, 4) is 5.75 Å². The minimum atomic E-state index is -0.531. The summed E-state index contributed by atoms with van der Waals surface area (Å²) in [6, 6.07) is 4.18. The number of hydrogen-bond donors (Lipinski definition) is 0. The molecule has 19 heavy (non-hydrogen) atoms. The second-order valence-electron chi connectivity index (χ2n) is 4.39. The molecule has 0 amide bonds. The lowest BCUT2D eigenvalue weighted by Crippen LogP contribution is -2.10. The molecule has 0 aromatic heterocycles. The van der Waals surface area contributed by atoms with Gasteiger partial charge in [0, 0.05) is 12.2 Å². The normalized spacial score (nSPS) is 10.5. The van der Waals surface area contributed by atoms with Gasteiger partial charge in [-0.05, 0) is 24.6 Å². The third-order valence-corrected chi connectivity index (χ3v) is 2.85. The molecule has 0 saturated heterocycles. The van der Waals surface area contributed by atoms with Gasteiger partial charge in [-0.1, -0.05) is 26.2 Å². The van der Waals surface area contributed by atoms with Crippen molar-refractivity contribution in [3.05, 3.63) is 29.6 Å². The number of halogens is 1. The summed E-state index contributed by atoms with van der Waals surface area (Å²) in [5, 5.41) is 0. The minimum Gasteiger partial charge on any atom is -0.494 e. The van der Waals surface area contributed by atoms with Crippen molar-refractivity contribution in [1.82, 2.24) is 0 Å². The molecule has 0 aliphatic rings. The van der Waals surface area contributed by atoms with Gasteiger partial charge in [-0.15, -0.1) is 0 Å². The molecule has 1 aromatic carbocycles. The Kier molecular flexibility index (Phi) is 7.11. The van der Waals surface area contributed by atoms with Gasteiger partial charge >= 0.3 is 0 Å². The molecule has 0 radical (unpaired) electrons. The van der Waals surface area contributed by atoms with Crippen LogP contribution in [0.1, 0.15) is 43.0 Å². The van der Waals surface area contributed by atoms with Crippen LogP contribution in [0.25, 0.3) is 0 Å². The number of methoxy groups -OCH3 is 1. The van der Waals surface area contributed by atoms with E-state index < -0.39 is 5.82 Å². The van der Waals surface area contributed by atoms with Gasteiger partial charge in [0.2, 0.25) is 0 Å². The van der Waals surface area contributed by atoms with Crippen LogP contribution in [0.4, 0.5) is 4.39 Å². The largest absolute Gasteiger partial charge is 0.494 e. The molecular formula is C15H21FO3. The lowest BCUT2D eigenvalue weighted by Gasteiger charge is -2.06. The highest BCUT2D eigenvalue weighted by molar-refractivity contribution is 5.97. The van der Waals surface area contributed by atoms with E-state index in [9.17, 15) is 9.18 Å². The fourth-order valence-electron chi connectivity index (χ4n) is 1.72. The Hall–Kier alpha value is -1.42. The summed E-state index contributed by atoms with van der Waals surface area (Å²) >= 11 is 0. The maximum Gasteiger partial charge on any atom is 0.188 e. The third-order valence-electron chi connectivity index (χ3n) is 2.85. The highest BCUT2D eigenvalue weighted by Gasteiger charge is 2.10. The van der Waals surface area contributed by atoms with Crippen LogP contribution in [-0.2, 0) is 4.74 Å². The minimum absolute atomic E-state index is 0.00209. The van der Waals surface area contributed by atoms with E-state index in [0.29, 0.717) is 12.2 Å². The second-order valence-corrected chi connectivity index (χ2v) is 4.39. The molecule has 4 heteroatoms. The molecule has 0 unspecified atom stereocenters. The van der Waals surface area contributed by atoms with Crippen molar-refractivity contribution < 1.29 is 18.7 Å². The number of ketones is 1. The first kappa shape index (κ1) is 15.6. The lowest BCUT2D eigenvalue weighted by molar-refractivity contribution is 0.0752. The second kappa shape index (κ2) is 8.64. The molecule has 0 saturated carbocycles. The van der Waals surface area contributed by atoms with Crippen LogP contribution in [-0.4, -0.2) is 26.1 Å². The van der Waals surface area contributed by atoms with Crippen LogP contribution >= 0.6 is 0 Å². The van der Waals surface area contributed by atoms with Gasteiger partial charge in [-0.25, -0.2) is 4.39 Å². The molecule has 0 atom stereocenters. The van der Waals surface area contributed by atoms with E-state index in [-0.39, 0.29) is 18.1 Å². The summed E-state index contributed by atoms with van der Waals surface area (Å²) in [6.45, 7) is 2.71. The van der Waals surface area contributed by atoms with Crippen LogP contribution in [0.15, 0.2) is 18.2 Å². The van der Waals surface area contributed by atoms with Crippen LogP contribution in [0, 0.1) is 5.82 Å². The van der Waals surface area contributed by atoms with Crippen LogP contribution in [0.3, 0.4) is 0 Å². The smallest absolute Gasteiger partial charge is 0.188 e. The molecule has 0 heterocycles. The summed E-state index contributed by atoms with van der Waals surface area (Å²) in [6.07, 6.45) is 4.42. The number of rotatable bonds is 9. The molecular weight excluding hydrogens is 247 g/mol. The van der Waals surface area contributed by atoms with Crippen molar-refractivity contribution in [2.45, 2.75) is 32.6 Å². The van der Waals surface area contributed by atoms with Gasteiger partial charge in [0.1, 0.15) is 6.61 Å². The first-order valence-electron chi connectivity index (χ1n) is 6.63. The molecule has 0 aliphatic carbocycles. The number of carbonyl (C=O) groups is 1. The van der Waals surface area contributed by atoms with Crippen molar-refractivity contribution in [3.63, 3.8) is 0 Å². The van der Waals surface area contributed by atoms with Gasteiger partial charge < -0.3 is 9.47 Å². The molecule has 1 rings (SSSR count). The Morgan fingerprint density at radius 3 is 2.68 bits per heavy atom. The lowest BCUT2D eigenvalue weighted by atomic mass is 10.1. The van der Waals surface area contributed by atoms with E-state index >= 15 is 0 Å². The molecule has 0 N–H and O–H groups in total. The number of hydrogen-bond acceptors (Lipinski definition) is 3.